The van der Waals surface area contributed by atoms with Gasteiger partial charge in [0.05, 0.1) is 6.54 Å². The zero-order valence-electron chi connectivity index (χ0n) is 11.6. The Morgan fingerprint density at radius 2 is 1.90 bits per heavy atom. The molecule has 1 N–H and O–H groups in total. The fourth-order valence-electron chi connectivity index (χ4n) is 2.58. The molecule has 0 fully saturated rings. The van der Waals surface area contributed by atoms with Crippen molar-refractivity contribution in [1.29, 1.82) is 0 Å². The topological polar surface area (TPSA) is 32.3 Å². The van der Waals surface area contributed by atoms with Crippen LogP contribution >= 0.6 is 0 Å². The Morgan fingerprint density at radius 3 is 2.70 bits per heavy atom. The van der Waals surface area contributed by atoms with Gasteiger partial charge < -0.3 is 10.2 Å². The van der Waals surface area contributed by atoms with E-state index >= 15 is 0 Å². The van der Waals surface area contributed by atoms with Crippen LogP contribution in [0.2, 0.25) is 0 Å². The number of aryl methyl sites for hydroxylation is 1. The third-order valence-corrected chi connectivity index (χ3v) is 3.65. The molecule has 2 aromatic rings. The maximum absolute atomic E-state index is 12.1. The molecule has 0 radical (unpaired) electrons. The molecule has 2 aromatic carbocycles. The molecule has 0 aliphatic carbocycles. The Balaban J connectivity index is 1.64. The van der Waals surface area contributed by atoms with Crippen molar-refractivity contribution in [3.63, 3.8) is 0 Å². The number of anilines is 2. The summed E-state index contributed by atoms with van der Waals surface area (Å²) in [6, 6.07) is 16.2. The lowest BCUT2D eigenvalue weighted by Gasteiger charge is -2.18. The Kier molecular flexibility index (Phi) is 3.42. The molecule has 0 aromatic heterocycles. The summed E-state index contributed by atoms with van der Waals surface area (Å²) in [7, 11) is 0. The van der Waals surface area contributed by atoms with E-state index in [9.17, 15) is 4.79 Å². The lowest BCUT2D eigenvalue weighted by Crippen LogP contribution is -2.31. The van der Waals surface area contributed by atoms with Crippen molar-refractivity contribution < 1.29 is 4.79 Å². The quantitative estimate of drug-likeness (QED) is 0.926. The second-order valence-corrected chi connectivity index (χ2v) is 5.21. The highest BCUT2D eigenvalue weighted by Gasteiger charge is 2.20. The molecule has 0 bridgehead atoms. The summed E-state index contributed by atoms with van der Waals surface area (Å²) in [4.78, 5) is 14.2. The van der Waals surface area contributed by atoms with Crippen LogP contribution in [-0.4, -0.2) is 19.0 Å². The van der Waals surface area contributed by atoms with Gasteiger partial charge in [0.2, 0.25) is 5.91 Å². The normalized spacial score (nSPS) is 13.2. The van der Waals surface area contributed by atoms with Crippen molar-refractivity contribution in [2.75, 3.05) is 23.3 Å². The first-order chi connectivity index (χ1) is 9.72. The standard InChI is InChI=1S/C17H18N2O/c1-13-6-8-15(9-7-13)18-17(20)12-19-11-10-14-4-2-3-5-16(14)19/h2-9H,10-12H2,1H3,(H,18,20). The second-order valence-electron chi connectivity index (χ2n) is 5.21. The van der Waals surface area contributed by atoms with E-state index in [4.69, 9.17) is 0 Å². The number of carbonyl (C=O) groups excluding carboxylic acids is 1. The molecule has 0 unspecified atom stereocenters. The van der Waals surface area contributed by atoms with Crippen LogP contribution in [0.3, 0.4) is 0 Å². The number of nitrogens with one attached hydrogen (secondary N) is 1. The molecule has 3 nitrogen and oxygen atoms in total. The molecule has 0 saturated carbocycles. The van der Waals surface area contributed by atoms with Crippen LogP contribution in [0.5, 0.6) is 0 Å². The van der Waals surface area contributed by atoms with E-state index in [1.54, 1.807) is 0 Å². The van der Waals surface area contributed by atoms with Crippen LogP contribution in [0.15, 0.2) is 48.5 Å². The summed E-state index contributed by atoms with van der Waals surface area (Å²) in [5.41, 5.74) is 4.56. The zero-order valence-corrected chi connectivity index (χ0v) is 11.6. The molecule has 1 heterocycles. The van der Waals surface area contributed by atoms with Crippen molar-refractivity contribution in [3.8, 4) is 0 Å². The van der Waals surface area contributed by atoms with Gasteiger partial charge in [-0.15, -0.1) is 0 Å². The van der Waals surface area contributed by atoms with Gasteiger partial charge in [-0.1, -0.05) is 35.9 Å². The SMILES string of the molecule is Cc1ccc(NC(=O)CN2CCc3ccccc32)cc1. The maximum Gasteiger partial charge on any atom is 0.243 e. The minimum absolute atomic E-state index is 0.0329. The van der Waals surface area contributed by atoms with Crippen molar-refractivity contribution in [1.82, 2.24) is 0 Å². The number of hydrogen-bond acceptors (Lipinski definition) is 2. The Hall–Kier alpha value is -2.29. The number of nitrogens with zero attached hydrogens (tertiary/aromatic N) is 1. The molecule has 3 heteroatoms. The fourth-order valence-corrected chi connectivity index (χ4v) is 2.58. The smallest absolute Gasteiger partial charge is 0.243 e. The van der Waals surface area contributed by atoms with Gasteiger partial charge in [0, 0.05) is 17.9 Å². The van der Waals surface area contributed by atoms with Crippen molar-refractivity contribution in [2.24, 2.45) is 0 Å². The molecule has 1 aliphatic heterocycles. The monoisotopic (exact) mass is 266 g/mol. The molecule has 1 aliphatic rings. The van der Waals surface area contributed by atoms with Gasteiger partial charge in [-0.25, -0.2) is 0 Å². The Labute approximate surface area is 119 Å². The summed E-state index contributed by atoms with van der Waals surface area (Å²) in [5.74, 6) is 0.0329. The van der Waals surface area contributed by atoms with Gasteiger partial charge in [-0.2, -0.15) is 0 Å². The number of fused-ring (bicyclic) bond motifs is 1. The van der Waals surface area contributed by atoms with E-state index < -0.39 is 0 Å². The number of carbonyl (C=O) groups is 1. The van der Waals surface area contributed by atoms with Crippen molar-refractivity contribution >= 4 is 17.3 Å². The summed E-state index contributed by atoms with van der Waals surface area (Å²) < 4.78 is 0. The van der Waals surface area contributed by atoms with Crippen LogP contribution in [0.1, 0.15) is 11.1 Å². The first-order valence-electron chi connectivity index (χ1n) is 6.92. The second kappa shape index (κ2) is 5.37. The van der Waals surface area contributed by atoms with Gasteiger partial charge in [0.25, 0.3) is 0 Å². The maximum atomic E-state index is 12.1. The van der Waals surface area contributed by atoms with Gasteiger partial charge in [-0.3, -0.25) is 4.79 Å². The van der Waals surface area contributed by atoms with E-state index in [1.165, 1.54) is 16.8 Å². The van der Waals surface area contributed by atoms with E-state index in [0.29, 0.717) is 6.54 Å². The number of rotatable bonds is 3. The van der Waals surface area contributed by atoms with Crippen LogP contribution in [-0.2, 0) is 11.2 Å². The summed E-state index contributed by atoms with van der Waals surface area (Å²) in [6.45, 7) is 3.36. The largest absolute Gasteiger partial charge is 0.362 e. The van der Waals surface area contributed by atoms with Gasteiger partial charge in [0.1, 0.15) is 0 Å². The summed E-state index contributed by atoms with van der Waals surface area (Å²) in [6.07, 6.45) is 1.02. The lowest BCUT2D eigenvalue weighted by atomic mass is 10.2. The summed E-state index contributed by atoms with van der Waals surface area (Å²) in [5, 5.41) is 2.95. The predicted molar refractivity (Wildman–Crippen MR) is 82.2 cm³/mol. The van der Waals surface area contributed by atoms with E-state index in [2.05, 4.69) is 28.4 Å². The van der Waals surface area contributed by atoms with E-state index in [-0.39, 0.29) is 5.91 Å². The van der Waals surface area contributed by atoms with Crippen LogP contribution < -0.4 is 10.2 Å². The predicted octanol–water partition coefficient (Wildman–Crippen LogP) is 3.00. The third-order valence-electron chi connectivity index (χ3n) is 3.65. The highest BCUT2D eigenvalue weighted by molar-refractivity contribution is 5.94. The van der Waals surface area contributed by atoms with Crippen LogP contribution in [0.25, 0.3) is 0 Å². The molecule has 20 heavy (non-hydrogen) atoms. The number of benzene rings is 2. The molecule has 102 valence electrons. The third kappa shape index (κ3) is 2.67. The average molecular weight is 266 g/mol. The van der Waals surface area contributed by atoms with Crippen molar-refractivity contribution in [2.45, 2.75) is 13.3 Å². The van der Waals surface area contributed by atoms with Crippen LogP contribution in [0.4, 0.5) is 11.4 Å². The molecular weight excluding hydrogens is 248 g/mol. The van der Waals surface area contributed by atoms with E-state index in [1.807, 2.05) is 37.3 Å². The zero-order chi connectivity index (χ0) is 13.9. The van der Waals surface area contributed by atoms with Gasteiger partial charge >= 0.3 is 0 Å². The highest BCUT2D eigenvalue weighted by Crippen LogP contribution is 2.26. The number of para-hydroxylation sites is 1. The van der Waals surface area contributed by atoms with E-state index in [0.717, 1.165) is 18.7 Å². The molecule has 0 saturated heterocycles. The molecular formula is C17H18N2O. The first kappa shape index (κ1) is 12.7. The van der Waals surface area contributed by atoms with Gasteiger partial charge in [-0.05, 0) is 37.1 Å². The molecule has 1 amide bonds. The summed E-state index contributed by atoms with van der Waals surface area (Å²) >= 11 is 0. The number of hydrogen-bond donors (Lipinski definition) is 1. The van der Waals surface area contributed by atoms with Gasteiger partial charge in [0.15, 0.2) is 0 Å². The van der Waals surface area contributed by atoms with Crippen LogP contribution in [0, 0.1) is 6.92 Å². The lowest BCUT2D eigenvalue weighted by molar-refractivity contribution is -0.115. The highest BCUT2D eigenvalue weighted by atomic mass is 16.2. The average Bonchev–Trinajstić information content (AvgIpc) is 2.85. The molecule has 0 spiro atoms. The molecule has 0 atom stereocenters. The number of amides is 1. The molecule has 3 rings (SSSR count). The first-order valence-corrected chi connectivity index (χ1v) is 6.92. The fraction of sp³-hybridized carbons (Fsp3) is 0.235. The Morgan fingerprint density at radius 1 is 1.15 bits per heavy atom. The van der Waals surface area contributed by atoms with Crippen molar-refractivity contribution in [3.05, 3.63) is 59.7 Å². The minimum Gasteiger partial charge on any atom is -0.362 e. The Bertz CT molecular complexity index is 619. The minimum atomic E-state index is 0.0329.